The molecule has 0 heterocycles. The van der Waals surface area contributed by atoms with E-state index in [0.717, 1.165) is 38.5 Å². The maximum absolute atomic E-state index is 12.3. The van der Waals surface area contributed by atoms with E-state index in [1.54, 1.807) is 0 Å². The summed E-state index contributed by atoms with van der Waals surface area (Å²) in [6.07, 6.45) is 19.8. The van der Waals surface area contributed by atoms with Crippen molar-refractivity contribution in [2.75, 3.05) is 26.4 Å². The fraction of sp³-hybridized carbons (Fsp3) is 0.933. The van der Waals surface area contributed by atoms with Crippen molar-refractivity contribution >= 4 is 22.1 Å². The number of rotatable bonds is 30. The van der Waals surface area contributed by atoms with Crippen LogP contribution in [0, 0.1) is 5.41 Å². The lowest BCUT2D eigenvalue weighted by atomic mass is 9.78. The summed E-state index contributed by atoms with van der Waals surface area (Å²) in [6.45, 7) is 4.90. The zero-order valence-electron chi connectivity index (χ0n) is 25.2. The number of unbranched alkanes of at least 4 members (excludes halogenated alkanes) is 16. The first kappa shape index (κ1) is 38.8. The van der Waals surface area contributed by atoms with Gasteiger partial charge in [0, 0.05) is 26.4 Å². The molecule has 0 fully saturated rings. The van der Waals surface area contributed by atoms with E-state index in [-0.39, 0.29) is 26.1 Å². The maximum Gasteiger partial charge on any atom is 0.325 e. The van der Waals surface area contributed by atoms with E-state index in [4.69, 9.17) is 9.47 Å². The minimum atomic E-state index is -5.19. The Morgan fingerprint density at radius 2 is 0.925 bits per heavy atom. The zero-order chi connectivity index (χ0) is 30.1. The van der Waals surface area contributed by atoms with E-state index in [0.29, 0.717) is 13.2 Å². The predicted octanol–water partition coefficient (Wildman–Crippen LogP) is 7.27. The Bertz CT molecular complexity index is 711. The van der Waals surface area contributed by atoms with E-state index in [1.807, 2.05) is 0 Å². The van der Waals surface area contributed by atoms with Gasteiger partial charge in [0.15, 0.2) is 5.25 Å². The molecule has 10 heteroatoms. The third-order valence-electron chi connectivity index (χ3n) is 7.62. The first-order valence-corrected chi connectivity index (χ1v) is 17.2. The first-order chi connectivity index (χ1) is 19.1. The summed E-state index contributed by atoms with van der Waals surface area (Å²) in [6, 6.07) is 0. The molecule has 0 aromatic carbocycles. The number of hydrogen-bond donors (Lipinski definition) is 3. The smallest absolute Gasteiger partial charge is 0.325 e. The van der Waals surface area contributed by atoms with E-state index in [2.05, 4.69) is 13.8 Å². The molecule has 0 radical (unpaired) electrons. The van der Waals surface area contributed by atoms with E-state index < -0.39 is 32.7 Å². The molecule has 1 unspecified atom stereocenters. The van der Waals surface area contributed by atoms with Crippen molar-refractivity contribution in [3.8, 4) is 0 Å². The van der Waals surface area contributed by atoms with Crippen LogP contribution in [0.3, 0.4) is 0 Å². The third kappa shape index (κ3) is 18.3. The second-order valence-corrected chi connectivity index (χ2v) is 12.6. The third-order valence-corrected chi connectivity index (χ3v) is 8.87. The van der Waals surface area contributed by atoms with E-state index in [9.17, 15) is 32.8 Å². The van der Waals surface area contributed by atoms with Gasteiger partial charge < -0.3 is 19.7 Å². The Labute approximate surface area is 243 Å². The molecule has 0 amide bonds. The Kier molecular flexibility index (Phi) is 23.6. The lowest BCUT2D eigenvalue weighted by Gasteiger charge is -2.33. The van der Waals surface area contributed by atoms with Crippen LogP contribution in [0.4, 0.5) is 0 Å². The molecule has 0 spiro atoms. The second kappa shape index (κ2) is 24.4. The number of aliphatic carboxylic acids is 2. The molecule has 0 aliphatic rings. The van der Waals surface area contributed by atoms with Crippen LogP contribution in [0.5, 0.6) is 0 Å². The van der Waals surface area contributed by atoms with Gasteiger partial charge in [-0.05, 0) is 25.7 Å². The minimum absolute atomic E-state index is 0.124. The molecule has 3 N–H and O–H groups in total. The van der Waals surface area contributed by atoms with Crippen LogP contribution in [0.2, 0.25) is 0 Å². The van der Waals surface area contributed by atoms with Crippen LogP contribution < -0.4 is 0 Å². The Hall–Kier alpha value is -1.23. The summed E-state index contributed by atoms with van der Waals surface area (Å²) in [5.41, 5.74) is -2.27. The molecule has 0 aliphatic carbocycles. The topological polar surface area (TPSA) is 147 Å². The maximum atomic E-state index is 12.3. The second-order valence-electron chi connectivity index (χ2n) is 11.1. The molecular weight excluding hydrogens is 536 g/mol. The highest BCUT2D eigenvalue weighted by Crippen LogP contribution is 2.36. The first-order valence-electron chi connectivity index (χ1n) is 15.7. The number of carboxylic acids is 2. The summed E-state index contributed by atoms with van der Waals surface area (Å²) in [5.74, 6) is -3.50. The van der Waals surface area contributed by atoms with Crippen LogP contribution in [-0.4, -0.2) is 66.8 Å². The van der Waals surface area contributed by atoms with Crippen molar-refractivity contribution in [3.63, 3.8) is 0 Å². The molecule has 238 valence electrons. The average molecular weight is 595 g/mol. The SMILES string of the molecule is CCCCCCCCCCCOCCC(CCOCCCCCCCCCCC)(C(=O)O)C(C(=O)O)S(=O)(=O)O. The Morgan fingerprint density at radius 1 is 0.600 bits per heavy atom. The summed E-state index contributed by atoms with van der Waals surface area (Å²) in [4.78, 5) is 24.2. The Morgan fingerprint density at radius 3 is 1.20 bits per heavy atom. The molecule has 0 aromatic rings. The molecule has 40 heavy (non-hydrogen) atoms. The van der Waals surface area contributed by atoms with Gasteiger partial charge in [-0.2, -0.15) is 8.42 Å². The van der Waals surface area contributed by atoms with Crippen LogP contribution in [0.25, 0.3) is 0 Å². The van der Waals surface area contributed by atoms with E-state index >= 15 is 0 Å². The Balaban J connectivity index is 4.65. The van der Waals surface area contributed by atoms with Crippen LogP contribution in [0.15, 0.2) is 0 Å². The molecule has 0 aromatic heterocycles. The van der Waals surface area contributed by atoms with Crippen molar-refractivity contribution in [2.45, 2.75) is 148 Å². The summed E-state index contributed by atoms with van der Waals surface area (Å²) < 4.78 is 44.8. The molecular formula is C30H58O9S. The van der Waals surface area contributed by atoms with Crippen molar-refractivity contribution < 1.29 is 42.2 Å². The summed E-state index contributed by atoms with van der Waals surface area (Å²) in [5, 5.41) is 17.1. The molecule has 9 nitrogen and oxygen atoms in total. The predicted molar refractivity (Wildman–Crippen MR) is 158 cm³/mol. The van der Waals surface area contributed by atoms with Gasteiger partial charge >= 0.3 is 11.9 Å². The van der Waals surface area contributed by atoms with Crippen molar-refractivity contribution in [1.29, 1.82) is 0 Å². The van der Waals surface area contributed by atoms with Gasteiger partial charge in [0.05, 0.1) is 0 Å². The summed E-state index contributed by atoms with van der Waals surface area (Å²) >= 11 is 0. The van der Waals surface area contributed by atoms with Gasteiger partial charge in [0.25, 0.3) is 10.1 Å². The van der Waals surface area contributed by atoms with Gasteiger partial charge in [-0.1, -0.05) is 117 Å². The number of ether oxygens (including phenoxy) is 2. The molecule has 0 saturated carbocycles. The molecule has 1 atom stereocenters. The van der Waals surface area contributed by atoms with Gasteiger partial charge in [-0.25, -0.2) is 0 Å². The molecule has 0 saturated heterocycles. The largest absolute Gasteiger partial charge is 0.481 e. The quantitative estimate of drug-likeness (QED) is 0.0576. The highest BCUT2D eigenvalue weighted by Gasteiger charge is 2.55. The van der Waals surface area contributed by atoms with Gasteiger partial charge in [-0.3, -0.25) is 14.1 Å². The number of carbonyl (C=O) groups is 2. The lowest BCUT2D eigenvalue weighted by molar-refractivity contribution is -0.158. The highest BCUT2D eigenvalue weighted by atomic mass is 32.2. The standard InChI is InChI=1S/C30H58O9S/c1-3-5-7-9-11-13-15-17-19-23-38-25-21-30(29(33)34,27(28(31)32)40(35,36)37)22-26-39-24-20-18-16-14-12-10-8-6-4-2/h27H,3-26H2,1-2H3,(H,31,32)(H,33,34)(H,35,36,37). The average Bonchev–Trinajstić information content (AvgIpc) is 2.88. The summed E-state index contributed by atoms with van der Waals surface area (Å²) in [7, 11) is -5.19. The highest BCUT2D eigenvalue weighted by molar-refractivity contribution is 7.87. The molecule has 0 aliphatic heterocycles. The molecule has 0 bridgehead atoms. The minimum Gasteiger partial charge on any atom is -0.481 e. The van der Waals surface area contributed by atoms with Crippen LogP contribution in [0.1, 0.15) is 142 Å². The number of carboxylic acid groups (broad SMARTS) is 2. The van der Waals surface area contributed by atoms with Crippen molar-refractivity contribution in [2.24, 2.45) is 5.41 Å². The van der Waals surface area contributed by atoms with Crippen molar-refractivity contribution in [3.05, 3.63) is 0 Å². The lowest BCUT2D eigenvalue weighted by Crippen LogP contribution is -2.52. The van der Waals surface area contributed by atoms with Gasteiger partial charge in [-0.15, -0.1) is 0 Å². The fourth-order valence-electron chi connectivity index (χ4n) is 5.10. The van der Waals surface area contributed by atoms with E-state index in [1.165, 1.54) is 77.0 Å². The van der Waals surface area contributed by atoms with Gasteiger partial charge in [0.2, 0.25) is 0 Å². The van der Waals surface area contributed by atoms with Crippen LogP contribution >= 0.6 is 0 Å². The number of hydrogen-bond acceptors (Lipinski definition) is 6. The van der Waals surface area contributed by atoms with Crippen molar-refractivity contribution in [1.82, 2.24) is 0 Å². The normalized spacial score (nSPS) is 13.0. The zero-order valence-corrected chi connectivity index (χ0v) is 26.1. The van der Waals surface area contributed by atoms with Gasteiger partial charge in [0.1, 0.15) is 5.41 Å². The fourth-order valence-corrected chi connectivity index (χ4v) is 6.27. The monoisotopic (exact) mass is 594 g/mol. The van der Waals surface area contributed by atoms with Crippen LogP contribution in [-0.2, 0) is 29.2 Å². The molecule has 0 rings (SSSR count).